The maximum atomic E-state index is 5.85. The summed E-state index contributed by atoms with van der Waals surface area (Å²) in [6.07, 6.45) is 13.6. The van der Waals surface area contributed by atoms with Gasteiger partial charge in [0.15, 0.2) is 5.96 Å². The standard InChI is InChI=1S/C13H23N3/c1-3-8-11(4-2)15-13(14)16-12-9-6-5-7-10-12/h2,11-12H,3,5-10H2,1H3,(H3,14,15,16). The minimum Gasteiger partial charge on any atom is -0.370 e. The zero-order chi connectivity index (χ0) is 11.8. The van der Waals surface area contributed by atoms with Gasteiger partial charge >= 0.3 is 0 Å². The summed E-state index contributed by atoms with van der Waals surface area (Å²) in [6.45, 7) is 2.11. The van der Waals surface area contributed by atoms with Gasteiger partial charge in [-0.1, -0.05) is 38.5 Å². The molecule has 3 N–H and O–H groups in total. The molecule has 0 aliphatic heterocycles. The van der Waals surface area contributed by atoms with Gasteiger partial charge in [-0.25, -0.2) is 0 Å². The Balaban J connectivity index is 2.39. The topological polar surface area (TPSA) is 50.4 Å². The van der Waals surface area contributed by atoms with Crippen LogP contribution in [0, 0.1) is 12.3 Å². The predicted molar refractivity (Wildman–Crippen MR) is 69.2 cm³/mol. The van der Waals surface area contributed by atoms with Crippen molar-refractivity contribution in [1.29, 1.82) is 0 Å². The molecule has 1 aliphatic carbocycles. The van der Waals surface area contributed by atoms with Crippen LogP contribution in [0.1, 0.15) is 51.9 Å². The van der Waals surface area contributed by atoms with Crippen molar-refractivity contribution in [2.75, 3.05) is 0 Å². The number of terminal acetylenes is 1. The van der Waals surface area contributed by atoms with Crippen LogP contribution in [0.3, 0.4) is 0 Å². The molecule has 1 atom stereocenters. The molecule has 0 radical (unpaired) electrons. The fourth-order valence-corrected chi connectivity index (χ4v) is 2.11. The van der Waals surface area contributed by atoms with E-state index in [2.05, 4.69) is 23.2 Å². The molecule has 1 aliphatic rings. The molecule has 16 heavy (non-hydrogen) atoms. The van der Waals surface area contributed by atoms with Crippen LogP contribution in [0.15, 0.2) is 4.99 Å². The lowest BCUT2D eigenvalue weighted by Crippen LogP contribution is -2.40. The van der Waals surface area contributed by atoms with Gasteiger partial charge in [-0.3, -0.25) is 4.99 Å². The molecule has 0 amide bonds. The summed E-state index contributed by atoms with van der Waals surface area (Å²) in [5.74, 6) is 3.22. The van der Waals surface area contributed by atoms with E-state index in [0.717, 1.165) is 25.7 Å². The van der Waals surface area contributed by atoms with Gasteiger partial charge < -0.3 is 11.1 Å². The zero-order valence-electron chi connectivity index (χ0n) is 10.2. The van der Waals surface area contributed by atoms with E-state index < -0.39 is 0 Å². The Hall–Kier alpha value is -1.17. The van der Waals surface area contributed by atoms with E-state index >= 15 is 0 Å². The molecule has 1 saturated carbocycles. The highest BCUT2D eigenvalue weighted by Crippen LogP contribution is 2.19. The molecule has 90 valence electrons. The highest BCUT2D eigenvalue weighted by Gasteiger charge is 2.13. The maximum absolute atomic E-state index is 5.85. The molecule has 1 fully saturated rings. The van der Waals surface area contributed by atoms with Crippen LogP contribution in [0.2, 0.25) is 0 Å². The molecule has 1 unspecified atom stereocenters. The van der Waals surface area contributed by atoms with Crippen molar-refractivity contribution < 1.29 is 0 Å². The number of nitrogens with zero attached hydrogens (tertiary/aromatic N) is 1. The van der Waals surface area contributed by atoms with E-state index in [1.165, 1.54) is 19.3 Å². The summed E-state index contributed by atoms with van der Waals surface area (Å²) >= 11 is 0. The second-order valence-electron chi connectivity index (χ2n) is 4.46. The van der Waals surface area contributed by atoms with Crippen LogP contribution in [0.4, 0.5) is 0 Å². The zero-order valence-corrected chi connectivity index (χ0v) is 10.2. The van der Waals surface area contributed by atoms with Crippen molar-refractivity contribution in [2.45, 2.75) is 64.0 Å². The fourth-order valence-electron chi connectivity index (χ4n) is 2.11. The number of nitrogens with one attached hydrogen (secondary N) is 1. The normalized spacial score (nSPS) is 20.1. The van der Waals surface area contributed by atoms with Crippen LogP contribution in [0.5, 0.6) is 0 Å². The van der Waals surface area contributed by atoms with Crippen LogP contribution in [-0.4, -0.2) is 18.0 Å². The van der Waals surface area contributed by atoms with Crippen LogP contribution in [-0.2, 0) is 0 Å². The van der Waals surface area contributed by atoms with Gasteiger partial charge in [0.25, 0.3) is 0 Å². The van der Waals surface area contributed by atoms with Gasteiger partial charge in [-0.2, -0.15) is 0 Å². The molecule has 0 saturated heterocycles. The molecule has 1 rings (SSSR count). The smallest absolute Gasteiger partial charge is 0.189 e. The second kappa shape index (κ2) is 7.16. The van der Waals surface area contributed by atoms with Crippen LogP contribution in [0.25, 0.3) is 0 Å². The molecule has 3 heteroatoms. The van der Waals surface area contributed by atoms with Crippen molar-refractivity contribution in [3.05, 3.63) is 0 Å². The third-order valence-corrected chi connectivity index (χ3v) is 3.00. The van der Waals surface area contributed by atoms with Crippen molar-refractivity contribution >= 4 is 5.96 Å². The number of nitrogens with two attached hydrogens (primary N) is 1. The van der Waals surface area contributed by atoms with E-state index in [-0.39, 0.29) is 6.04 Å². The molecule has 3 nitrogen and oxygen atoms in total. The maximum Gasteiger partial charge on any atom is 0.189 e. The van der Waals surface area contributed by atoms with Crippen molar-refractivity contribution in [3.8, 4) is 12.3 Å². The summed E-state index contributed by atoms with van der Waals surface area (Å²) < 4.78 is 0. The molecule has 0 bridgehead atoms. The first-order valence-corrected chi connectivity index (χ1v) is 6.32. The van der Waals surface area contributed by atoms with E-state index in [9.17, 15) is 0 Å². The van der Waals surface area contributed by atoms with Crippen LogP contribution < -0.4 is 11.1 Å². The number of hydrogen-bond donors (Lipinski definition) is 2. The lowest BCUT2D eigenvalue weighted by molar-refractivity contribution is 0.441. The van der Waals surface area contributed by atoms with Crippen molar-refractivity contribution in [1.82, 2.24) is 5.32 Å². The molecule has 0 heterocycles. The van der Waals surface area contributed by atoms with Gasteiger partial charge in [-0.05, 0) is 19.3 Å². The predicted octanol–water partition coefficient (Wildman–Crippen LogP) is 2.03. The third-order valence-electron chi connectivity index (χ3n) is 3.00. The van der Waals surface area contributed by atoms with Crippen molar-refractivity contribution in [3.63, 3.8) is 0 Å². The number of guanidine groups is 1. The van der Waals surface area contributed by atoms with Gasteiger partial charge in [0.05, 0.1) is 12.1 Å². The molecule has 0 spiro atoms. The summed E-state index contributed by atoms with van der Waals surface area (Å²) in [5, 5.41) is 3.11. The Morgan fingerprint density at radius 3 is 2.75 bits per heavy atom. The Kier molecular flexibility index (Phi) is 5.77. The quantitative estimate of drug-likeness (QED) is 0.433. The fraction of sp³-hybridized carbons (Fsp3) is 0.769. The number of hydrogen-bond acceptors (Lipinski definition) is 1. The highest BCUT2D eigenvalue weighted by atomic mass is 15.1. The first-order chi connectivity index (χ1) is 7.76. The first-order valence-electron chi connectivity index (χ1n) is 6.32. The Labute approximate surface area is 98.9 Å². The average molecular weight is 221 g/mol. The highest BCUT2D eigenvalue weighted by molar-refractivity contribution is 5.78. The van der Waals surface area contributed by atoms with Crippen molar-refractivity contribution in [2.24, 2.45) is 10.7 Å². The lowest BCUT2D eigenvalue weighted by Gasteiger charge is -2.19. The summed E-state index contributed by atoms with van der Waals surface area (Å²) in [5.41, 5.74) is 5.85. The number of rotatable bonds is 4. The first kappa shape index (κ1) is 12.9. The SMILES string of the molecule is C#CC(CCC)NC(N)=NC1CCCCC1. The number of aliphatic imine (C=N–C) groups is 1. The molecular formula is C13H23N3. The summed E-state index contributed by atoms with van der Waals surface area (Å²) in [6, 6.07) is 0.429. The monoisotopic (exact) mass is 221 g/mol. The van der Waals surface area contributed by atoms with Gasteiger partial charge in [0, 0.05) is 0 Å². The minimum absolute atomic E-state index is 0.0253. The van der Waals surface area contributed by atoms with Crippen LogP contribution >= 0.6 is 0 Å². The average Bonchev–Trinajstić information content (AvgIpc) is 2.29. The third kappa shape index (κ3) is 4.57. The van der Waals surface area contributed by atoms with E-state index in [1.807, 2.05) is 0 Å². The second-order valence-corrected chi connectivity index (χ2v) is 4.46. The summed E-state index contributed by atoms with van der Waals surface area (Å²) in [7, 11) is 0. The summed E-state index contributed by atoms with van der Waals surface area (Å²) in [4.78, 5) is 4.49. The van der Waals surface area contributed by atoms with E-state index in [4.69, 9.17) is 12.2 Å². The molecular weight excluding hydrogens is 198 g/mol. The minimum atomic E-state index is 0.0253. The van der Waals surface area contributed by atoms with E-state index in [0.29, 0.717) is 12.0 Å². The van der Waals surface area contributed by atoms with E-state index in [1.54, 1.807) is 0 Å². The molecule has 0 aromatic heterocycles. The Morgan fingerprint density at radius 1 is 1.50 bits per heavy atom. The van der Waals surface area contributed by atoms with Gasteiger partial charge in [-0.15, -0.1) is 6.42 Å². The van der Waals surface area contributed by atoms with Gasteiger partial charge in [0.2, 0.25) is 0 Å². The lowest BCUT2D eigenvalue weighted by atomic mass is 9.96. The Morgan fingerprint density at radius 2 is 2.19 bits per heavy atom. The molecule has 0 aromatic carbocycles. The molecule has 0 aromatic rings. The largest absolute Gasteiger partial charge is 0.370 e. The van der Waals surface area contributed by atoms with Gasteiger partial charge in [0.1, 0.15) is 0 Å². The Bertz CT molecular complexity index is 259.